The first-order valence-electron chi connectivity index (χ1n) is 7.43. The molecular weight excluding hydrogens is 308 g/mol. The molecule has 1 aromatic rings. The van der Waals surface area contributed by atoms with Gasteiger partial charge >= 0.3 is 0 Å². The number of hydrogen-bond acceptors (Lipinski definition) is 4. The third kappa shape index (κ3) is 4.11. The maximum atomic E-state index is 12.4. The van der Waals surface area contributed by atoms with Crippen molar-refractivity contribution in [3.63, 3.8) is 0 Å². The first-order chi connectivity index (χ1) is 10.1. The van der Waals surface area contributed by atoms with Crippen LogP contribution in [0.25, 0.3) is 0 Å². The van der Waals surface area contributed by atoms with E-state index in [0.717, 1.165) is 38.4 Å². The van der Waals surface area contributed by atoms with E-state index in [1.807, 2.05) is 19.1 Å². The molecule has 6 heteroatoms. The van der Waals surface area contributed by atoms with Crippen molar-refractivity contribution in [3.05, 3.63) is 24.3 Å². The summed E-state index contributed by atoms with van der Waals surface area (Å²) in [5.74, 6) is 0.845. The first kappa shape index (κ1) is 16.6. The minimum Gasteiger partial charge on any atom is -0.368 e. The van der Waals surface area contributed by atoms with Gasteiger partial charge in [-0.1, -0.05) is 19.1 Å². The molecule has 0 amide bonds. The standard InChI is InChI=1S/C15H23ClN2O2S/c1-2-13-21(19,20)15-6-4-3-5-14(15)18-11-9-17(8-7-16)10-12-18/h3-6H,2,7-13H2,1H3. The van der Waals surface area contributed by atoms with Gasteiger partial charge in [-0.05, 0) is 18.6 Å². The third-order valence-electron chi connectivity index (χ3n) is 3.79. The first-order valence-corrected chi connectivity index (χ1v) is 9.62. The molecule has 0 radical (unpaired) electrons. The molecular formula is C15H23ClN2O2S. The van der Waals surface area contributed by atoms with Crippen LogP contribution in [-0.2, 0) is 9.84 Å². The van der Waals surface area contributed by atoms with Crippen LogP contribution < -0.4 is 4.90 Å². The second-order valence-electron chi connectivity index (χ2n) is 5.30. The second-order valence-corrected chi connectivity index (χ2v) is 7.76. The number of hydrogen-bond donors (Lipinski definition) is 0. The molecule has 0 saturated carbocycles. The molecule has 118 valence electrons. The van der Waals surface area contributed by atoms with Crippen molar-refractivity contribution < 1.29 is 8.42 Å². The molecule has 0 N–H and O–H groups in total. The zero-order chi connectivity index (χ0) is 15.3. The van der Waals surface area contributed by atoms with Gasteiger partial charge in [0, 0.05) is 38.6 Å². The highest BCUT2D eigenvalue weighted by atomic mass is 35.5. The van der Waals surface area contributed by atoms with Gasteiger partial charge in [0.25, 0.3) is 0 Å². The Balaban J connectivity index is 2.18. The normalized spacial score (nSPS) is 17.1. The SMILES string of the molecule is CCCS(=O)(=O)c1ccccc1N1CCN(CCCl)CC1. The molecule has 21 heavy (non-hydrogen) atoms. The van der Waals surface area contributed by atoms with Crippen molar-refractivity contribution >= 4 is 27.1 Å². The van der Waals surface area contributed by atoms with Gasteiger partial charge in [0.1, 0.15) is 0 Å². The number of rotatable bonds is 6. The Morgan fingerprint density at radius 2 is 1.81 bits per heavy atom. The van der Waals surface area contributed by atoms with Crippen LogP contribution in [0.5, 0.6) is 0 Å². The van der Waals surface area contributed by atoms with Crippen molar-refractivity contribution in [2.75, 3.05) is 49.3 Å². The van der Waals surface area contributed by atoms with E-state index in [1.165, 1.54) is 0 Å². The lowest BCUT2D eigenvalue weighted by atomic mass is 10.2. The lowest BCUT2D eigenvalue weighted by Crippen LogP contribution is -2.47. The van der Waals surface area contributed by atoms with Gasteiger partial charge in [-0.25, -0.2) is 8.42 Å². The van der Waals surface area contributed by atoms with Crippen molar-refractivity contribution in [2.45, 2.75) is 18.2 Å². The highest BCUT2D eigenvalue weighted by Crippen LogP contribution is 2.27. The maximum Gasteiger partial charge on any atom is 0.180 e. The molecule has 1 aromatic carbocycles. The van der Waals surface area contributed by atoms with E-state index in [1.54, 1.807) is 12.1 Å². The van der Waals surface area contributed by atoms with Crippen LogP contribution in [0.1, 0.15) is 13.3 Å². The van der Waals surface area contributed by atoms with Crippen LogP contribution in [0.2, 0.25) is 0 Å². The largest absolute Gasteiger partial charge is 0.368 e. The average molecular weight is 331 g/mol. The molecule has 1 heterocycles. The number of anilines is 1. The molecule has 0 atom stereocenters. The zero-order valence-corrected chi connectivity index (χ0v) is 14.0. The van der Waals surface area contributed by atoms with Crippen LogP contribution in [0.3, 0.4) is 0 Å². The van der Waals surface area contributed by atoms with Crippen molar-refractivity contribution in [1.29, 1.82) is 0 Å². The fraction of sp³-hybridized carbons (Fsp3) is 0.600. The number of nitrogens with zero attached hydrogens (tertiary/aromatic N) is 2. The number of piperazine rings is 1. The summed E-state index contributed by atoms with van der Waals surface area (Å²) in [4.78, 5) is 4.96. The molecule has 0 spiro atoms. The van der Waals surface area contributed by atoms with E-state index in [9.17, 15) is 8.42 Å². The van der Waals surface area contributed by atoms with E-state index in [2.05, 4.69) is 9.80 Å². The predicted octanol–water partition coefficient (Wildman–Crippen LogP) is 2.23. The Morgan fingerprint density at radius 1 is 1.14 bits per heavy atom. The molecule has 0 aromatic heterocycles. The molecule has 1 saturated heterocycles. The number of sulfone groups is 1. The van der Waals surface area contributed by atoms with Crippen LogP contribution in [-0.4, -0.2) is 57.7 Å². The minimum absolute atomic E-state index is 0.205. The summed E-state index contributed by atoms with van der Waals surface area (Å²) in [6.07, 6.45) is 0.639. The van der Waals surface area contributed by atoms with Gasteiger partial charge in [0.15, 0.2) is 9.84 Å². The Morgan fingerprint density at radius 3 is 2.43 bits per heavy atom. The number of para-hydroxylation sites is 1. The molecule has 0 aliphatic carbocycles. The van der Waals surface area contributed by atoms with Crippen molar-refractivity contribution in [2.24, 2.45) is 0 Å². The van der Waals surface area contributed by atoms with Gasteiger partial charge in [-0.2, -0.15) is 0 Å². The second kappa shape index (κ2) is 7.47. The van der Waals surface area contributed by atoms with Gasteiger partial charge in [0.2, 0.25) is 0 Å². The minimum atomic E-state index is -3.19. The van der Waals surface area contributed by atoms with Gasteiger partial charge < -0.3 is 4.90 Å². The van der Waals surface area contributed by atoms with Crippen molar-refractivity contribution in [1.82, 2.24) is 4.90 Å². The van der Waals surface area contributed by atoms with E-state index in [4.69, 9.17) is 11.6 Å². The number of alkyl halides is 1. The number of halogens is 1. The van der Waals surface area contributed by atoms with Gasteiger partial charge in [-0.3, -0.25) is 4.90 Å². The Labute approximate surface area is 132 Å². The zero-order valence-electron chi connectivity index (χ0n) is 12.5. The molecule has 4 nitrogen and oxygen atoms in total. The monoisotopic (exact) mass is 330 g/mol. The molecule has 1 aliphatic rings. The van der Waals surface area contributed by atoms with Crippen LogP contribution in [0.4, 0.5) is 5.69 Å². The summed E-state index contributed by atoms with van der Waals surface area (Å²) in [5, 5.41) is 0. The van der Waals surface area contributed by atoms with Crippen LogP contribution in [0.15, 0.2) is 29.2 Å². The summed E-state index contributed by atoms with van der Waals surface area (Å²) in [6, 6.07) is 7.35. The maximum absolute atomic E-state index is 12.4. The van der Waals surface area contributed by atoms with E-state index < -0.39 is 9.84 Å². The third-order valence-corrected chi connectivity index (χ3v) is 5.92. The average Bonchev–Trinajstić information content (AvgIpc) is 2.48. The van der Waals surface area contributed by atoms with Crippen LogP contribution in [0, 0.1) is 0 Å². The van der Waals surface area contributed by atoms with Gasteiger partial charge in [-0.15, -0.1) is 11.6 Å². The Hall–Kier alpha value is -0.780. The molecule has 0 unspecified atom stereocenters. The van der Waals surface area contributed by atoms with E-state index in [-0.39, 0.29) is 5.75 Å². The van der Waals surface area contributed by atoms with E-state index in [0.29, 0.717) is 17.2 Å². The molecule has 1 fully saturated rings. The highest BCUT2D eigenvalue weighted by Gasteiger charge is 2.23. The summed E-state index contributed by atoms with van der Waals surface area (Å²) >= 11 is 5.77. The van der Waals surface area contributed by atoms with Crippen LogP contribution >= 0.6 is 11.6 Å². The molecule has 2 rings (SSSR count). The summed E-state index contributed by atoms with van der Waals surface area (Å²) in [6.45, 7) is 6.32. The molecule has 0 bridgehead atoms. The number of benzene rings is 1. The fourth-order valence-corrected chi connectivity index (χ4v) is 4.49. The smallest absolute Gasteiger partial charge is 0.180 e. The Kier molecular flexibility index (Phi) is 5.90. The summed E-state index contributed by atoms with van der Waals surface area (Å²) in [5.41, 5.74) is 0.844. The summed E-state index contributed by atoms with van der Waals surface area (Å²) < 4.78 is 24.8. The molecule has 1 aliphatic heterocycles. The van der Waals surface area contributed by atoms with E-state index >= 15 is 0 Å². The topological polar surface area (TPSA) is 40.6 Å². The highest BCUT2D eigenvalue weighted by molar-refractivity contribution is 7.91. The van der Waals surface area contributed by atoms with Gasteiger partial charge in [0.05, 0.1) is 16.3 Å². The summed E-state index contributed by atoms with van der Waals surface area (Å²) in [7, 11) is -3.19. The lowest BCUT2D eigenvalue weighted by molar-refractivity contribution is 0.272. The predicted molar refractivity (Wildman–Crippen MR) is 88.2 cm³/mol. The Bertz CT molecular complexity index is 555. The fourth-order valence-electron chi connectivity index (χ4n) is 2.69. The lowest BCUT2D eigenvalue weighted by Gasteiger charge is -2.36. The quantitative estimate of drug-likeness (QED) is 0.750. The van der Waals surface area contributed by atoms with Crippen molar-refractivity contribution in [3.8, 4) is 0 Å².